The molecule has 2 N–H and O–H groups in total. The standard InChI is InChI=1S/C7H19N3O/c1-4-10(5-8-2)6-9(3)7-11/h8,11H,4-7H2,1-3H3. The highest BCUT2D eigenvalue weighted by Crippen LogP contribution is 1.87. The maximum atomic E-state index is 8.73. The molecule has 0 bridgehead atoms. The van der Waals surface area contributed by atoms with E-state index >= 15 is 0 Å². The van der Waals surface area contributed by atoms with E-state index in [0.29, 0.717) is 0 Å². The number of hydrogen-bond donors (Lipinski definition) is 2. The summed E-state index contributed by atoms with van der Waals surface area (Å²) in [6.45, 7) is 4.86. The molecule has 68 valence electrons. The summed E-state index contributed by atoms with van der Waals surface area (Å²) in [4.78, 5) is 4.04. The van der Waals surface area contributed by atoms with Crippen LogP contribution in [0, 0.1) is 0 Å². The van der Waals surface area contributed by atoms with Crippen molar-refractivity contribution in [2.45, 2.75) is 6.92 Å². The molecular formula is C7H19N3O. The summed E-state index contributed by atoms with van der Waals surface area (Å²) in [5.41, 5.74) is 0. The highest BCUT2D eigenvalue weighted by atomic mass is 16.3. The molecule has 0 rings (SSSR count). The molecule has 0 spiro atoms. The van der Waals surface area contributed by atoms with Crippen molar-refractivity contribution in [3.8, 4) is 0 Å². The molecule has 0 heterocycles. The fourth-order valence-corrected chi connectivity index (χ4v) is 0.872. The zero-order valence-electron chi connectivity index (χ0n) is 7.67. The van der Waals surface area contributed by atoms with Crippen molar-refractivity contribution in [1.82, 2.24) is 15.1 Å². The molecule has 0 aromatic carbocycles. The number of aliphatic hydroxyl groups is 1. The lowest BCUT2D eigenvalue weighted by molar-refractivity contribution is 0.0703. The average Bonchev–Trinajstić information content (AvgIpc) is 2.03. The van der Waals surface area contributed by atoms with Gasteiger partial charge in [0.05, 0.1) is 13.4 Å². The Labute approximate surface area is 68.8 Å². The van der Waals surface area contributed by atoms with Gasteiger partial charge in [0.2, 0.25) is 0 Å². The van der Waals surface area contributed by atoms with E-state index in [9.17, 15) is 0 Å². The van der Waals surface area contributed by atoms with Crippen LogP contribution in [-0.4, -0.2) is 55.6 Å². The molecule has 4 nitrogen and oxygen atoms in total. The normalized spacial score (nSPS) is 11.5. The Kier molecular flexibility index (Phi) is 6.45. The first-order valence-electron chi connectivity index (χ1n) is 3.91. The highest BCUT2D eigenvalue weighted by Gasteiger charge is 2.02. The zero-order chi connectivity index (χ0) is 8.69. The van der Waals surface area contributed by atoms with Crippen LogP contribution < -0.4 is 5.32 Å². The summed E-state index contributed by atoms with van der Waals surface area (Å²) < 4.78 is 0. The van der Waals surface area contributed by atoms with Crippen LogP contribution in [0.15, 0.2) is 0 Å². The molecule has 0 radical (unpaired) electrons. The minimum atomic E-state index is 0.111. The lowest BCUT2D eigenvalue weighted by Gasteiger charge is -2.24. The largest absolute Gasteiger partial charge is 0.381 e. The van der Waals surface area contributed by atoms with E-state index < -0.39 is 0 Å². The van der Waals surface area contributed by atoms with E-state index in [4.69, 9.17) is 5.11 Å². The summed E-state index contributed by atoms with van der Waals surface area (Å²) in [6, 6.07) is 0. The van der Waals surface area contributed by atoms with Crippen molar-refractivity contribution >= 4 is 0 Å². The molecule has 0 saturated heterocycles. The Balaban J connectivity index is 3.49. The number of rotatable bonds is 6. The fraction of sp³-hybridized carbons (Fsp3) is 1.00. The zero-order valence-corrected chi connectivity index (χ0v) is 7.67. The van der Waals surface area contributed by atoms with Crippen LogP contribution in [0.3, 0.4) is 0 Å². The molecule has 0 aromatic heterocycles. The predicted molar refractivity (Wildman–Crippen MR) is 46.0 cm³/mol. The average molecular weight is 161 g/mol. The molecule has 0 aromatic rings. The third-order valence-corrected chi connectivity index (χ3v) is 1.51. The van der Waals surface area contributed by atoms with E-state index in [0.717, 1.165) is 19.9 Å². The highest BCUT2D eigenvalue weighted by molar-refractivity contribution is 4.50. The first-order chi connectivity index (χ1) is 5.24. The van der Waals surface area contributed by atoms with Gasteiger partial charge in [0.15, 0.2) is 0 Å². The Bertz CT molecular complexity index is 89.8. The molecule has 0 saturated carbocycles. The first kappa shape index (κ1) is 10.8. The maximum absolute atomic E-state index is 8.73. The monoisotopic (exact) mass is 161 g/mol. The van der Waals surface area contributed by atoms with E-state index in [-0.39, 0.29) is 6.73 Å². The number of nitrogens with zero attached hydrogens (tertiary/aromatic N) is 2. The van der Waals surface area contributed by atoms with Crippen molar-refractivity contribution in [1.29, 1.82) is 0 Å². The van der Waals surface area contributed by atoms with Crippen molar-refractivity contribution in [2.24, 2.45) is 0 Å². The Morgan fingerprint density at radius 1 is 1.45 bits per heavy atom. The number of hydrogen-bond acceptors (Lipinski definition) is 4. The molecule has 0 unspecified atom stereocenters. The number of nitrogens with one attached hydrogen (secondary N) is 1. The van der Waals surface area contributed by atoms with Crippen LogP contribution in [0.5, 0.6) is 0 Å². The van der Waals surface area contributed by atoms with Gasteiger partial charge in [-0.25, -0.2) is 0 Å². The molecule has 0 atom stereocenters. The van der Waals surface area contributed by atoms with Gasteiger partial charge >= 0.3 is 0 Å². The smallest absolute Gasteiger partial charge is 0.0964 e. The van der Waals surface area contributed by atoms with Gasteiger partial charge in [-0.2, -0.15) is 0 Å². The van der Waals surface area contributed by atoms with E-state index in [2.05, 4.69) is 17.1 Å². The van der Waals surface area contributed by atoms with Gasteiger partial charge in [-0.05, 0) is 20.6 Å². The fourth-order valence-electron chi connectivity index (χ4n) is 0.872. The second kappa shape index (κ2) is 6.54. The molecule has 0 fully saturated rings. The topological polar surface area (TPSA) is 38.7 Å². The molecule has 0 aliphatic carbocycles. The lowest BCUT2D eigenvalue weighted by Crippen LogP contribution is -2.40. The molecule has 0 amide bonds. The van der Waals surface area contributed by atoms with Gasteiger partial charge in [-0.15, -0.1) is 0 Å². The molecule has 0 aliphatic heterocycles. The summed E-state index contributed by atoms with van der Waals surface area (Å²) in [7, 11) is 3.81. The van der Waals surface area contributed by atoms with Crippen molar-refractivity contribution in [2.75, 3.05) is 40.7 Å². The van der Waals surface area contributed by atoms with Gasteiger partial charge in [0.25, 0.3) is 0 Å². The van der Waals surface area contributed by atoms with Crippen molar-refractivity contribution in [3.63, 3.8) is 0 Å². The molecule has 0 aliphatic rings. The van der Waals surface area contributed by atoms with Crippen LogP contribution in [0.4, 0.5) is 0 Å². The molecular weight excluding hydrogens is 142 g/mol. The summed E-state index contributed by atoms with van der Waals surface area (Å²) in [5.74, 6) is 0. The van der Waals surface area contributed by atoms with Crippen LogP contribution in [0.1, 0.15) is 6.92 Å². The number of aliphatic hydroxyl groups excluding tert-OH is 1. The summed E-state index contributed by atoms with van der Waals surface area (Å²) in [6.07, 6.45) is 0. The minimum absolute atomic E-state index is 0.111. The molecule has 11 heavy (non-hydrogen) atoms. The Hall–Kier alpha value is -0.160. The Morgan fingerprint density at radius 2 is 2.09 bits per heavy atom. The van der Waals surface area contributed by atoms with E-state index in [1.165, 1.54) is 0 Å². The van der Waals surface area contributed by atoms with E-state index in [1.807, 2.05) is 19.0 Å². The van der Waals surface area contributed by atoms with Gasteiger partial charge in [0, 0.05) is 6.67 Å². The van der Waals surface area contributed by atoms with Gasteiger partial charge < -0.3 is 10.4 Å². The third kappa shape index (κ3) is 5.15. The van der Waals surface area contributed by atoms with Gasteiger partial charge in [-0.1, -0.05) is 6.92 Å². The van der Waals surface area contributed by atoms with Gasteiger partial charge in [-0.3, -0.25) is 9.80 Å². The second-order valence-electron chi connectivity index (χ2n) is 2.64. The SMILES string of the molecule is CCN(CNC)CN(C)CO. The Morgan fingerprint density at radius 3 is 2.45 bits per heavy atom. The van der Waals surface area contributed by atoms with Crippen molar-refractivity contribution in [3.05, 3.63) is 0 Å². The summed E-state index contributed by atoms with van der Waals surface area (Å²) in [5, 5.41) is 11.8. The third-order valence-electron chi connectivity index (χ3n) is 1.51. The van der Waals surface area contributed by atoms with E-state index in [1.54, 1.807) is 0 Å². The predicted octanol–water partition coefficient (Wildman–Crippen LogP) is -0.676. The second-order valence-corrected chi connectivity index (χ2v) is 2.64. The van der Waals surface area contributed by atoms with Crippen LogP contribution in [0.2, 0.25) is 0 Å². The first-order valence-corrected chi connectivity index (χ1v) is 3.91. The quantitative estimate of drug-likeness (QED) is 0.507. The minimum Gasteiger partial charge on any atom is -0.381 e. The lowest BCUT2D eigenvalue weighted by atomic mass is 10.6. The van der Waals surface area contributed by atoms with Gasteiger partial charge in [0.1, 0.15) is 0 Å². The molecule has 4 heteroatoms. The maximum Gasteiger partial charge on any atom is 0.0964 e. The van der Waals surface area contributed by atoms with Crippen LogP contribution >= 0.6 is 0 Å². The van der Waals surface area contributed by atoms with Crippen molar-refractivity contribution < 1.29 is 5.11 Å². The van der Waals surface area contributed by atoms with Crippen LogP contribution in [-0.2, 0) is 0 Å². The van der Waals surface area contributed by atoms with Crippen LogP contribution in [0.25, 0.3) is 0 Å². The summed E-state index contributed by atoms with van der Waals surface area (Å²) >= 11 is 0.